The molecule has 1 saturated heterocycles. The van der Waals surface area contributed by atoms with E-state index in [-0.39, 0.29) is 42.5 Å². The predicted molar refractivity (Wildman–Crippen MR) is 122 cm³/mol. The summed E-state index contributed by atoms with van der Waals surface area (Å²) >= 11 is 0. The van der Waals surface area contributed by atoms with Gasteiger partial charge in [-0.3, -0.25) is 19.2 Å². The summed E-state index contributed by atoms with van der Waals surface area (Å²) in [4.78, 5) is 26.1. The molecule has 1 unspecified atom stereocenters. The lowest BCUT2D eigenvalue weighted by Crippen LogP contribution is -2.44. The first kappa shape index (κ1) is 23.9. The normalized spacial score (nSPS) is 17.4. The van der Waals surface area contributed by atoms with Gasteiger partial charge in [-0.2, -0.15) is 5.10 Å². The van der Waals surface area contributed by atoms with E-state index in [1.54, 1.807) is 11.9 Å². The second-order valence-corrected chi connectivity index (χ2v) is 10.6. The zero-order valence-corrected chi connectivity index (χ0v) is 19.6. The van der Waals surface area contributed by atoms with Crippen LogP contribution < -0.4 is 10.6 Å². The Bertz CT molecular complexity index is 1070. The van der Waals surface area contributed by atoms with Crippen molar-refractivity contribution < 1.29 is 18.0 Å². The molecule has 32 heavy (non-hydrogen) atoms. The van der Waals surface area contributed by atoms with E-state index in [9.17, 15) is 18.0 Å². The highest BCUT2D eigenvalue weighted by atomic mass is 32.2. The molecule has 10 heteroatoms. The lowest BCUT2D eigenvalue weighted by Gasteiger charge is -2.18. The Kier molecular flexibility index (Phi) is 7.68. The molecule has 0 saturated carbocycles. The number of hydrogen-bond acceptors (Lipinski definition) is 6. The van der Waals surface area contributed by atoms with Crippen molar-refractivity contribution in [2.45, 2.75) is 39.4 Å². The molecule has 0 aliphatic carbocycles. The summed E-state index contributed by atoms with van der Waals surface area (Å²) in [6.07, 6.45) is 0.439. The summed E-state index contributed by atoms with van der Waals surface area (Å²) in [5.41, 5.74) is 4.02. The summed E-state index contributed by atoms with van der Waals surface area (Å²) in [5.74, 6) is -0.383. The summed E-state index contributed by atoms with van der Waals surface area (Å²) in [6.45, 7) is 5.04. The molecular weight excluding hydrogens is 430 g/mol. The number of hydrogen-bond donors (Lipinski definition) is 2. The highest BCUT2D eigenvalue weighted by Crippen LogP contribution is 2.15. The van der Waals surface area contributed by atoms with Crippen molar-refractivity contribution in [3.8, 4) is 0 Å². The highest BCUT2D eigenvalue weighted by Gasteiger charge is 2.29. The topological polar surface area (TPSA) is 113 Å². The number of nitrogens with zero attached hydrogens (tertiary/aromatic N) is 3. The number of aryl methyl sites for hydroxylation is 1. The van der Waals surface area contributed by atoms with E-state index in [1.807, 2.05) is 36.7 Å². The van der Waals surface area contributed by atoms with Crippen molar-refractivity contribution >= 4 is 21.7 Å². The van der Waals surface area contributed by atoms with Crippen molar-refractivity contribution in [2.24, 2.45) is 0 Å². The average Bonchev–Trinajstić information content (AvgIpc) is 3.18. The minimum absolute atomic E-state index is 0.0143. The number of sulfone groups is 1. The number of nitrogens with one attached hydrogen (secondary N) is 2. The van der Waals surface area contributed by atoms with Gasteiger partial charge in [0.1, 0.15) is 0 Å². The first-order valence-electron chi connectivity index (χ1n) is 10.6. The molecule has 1 aromatic heterocycles. The molecule has 1 aromatic carbocycles. The van der Waals surface area contributed by atoms with Gasteiger partial charge in [0.15, 0.2) is 9.84 Å². The van der Waals surface area contributed by atoms with Crippen molar-refractivity contribution in [3.63, 3.8) is 0 Å². The van der Waals surface area contributed by atoms with Gasteiger partial charge in [-0.05, 0) is 32.9 Å². The standard InChI is InChI=1S/C22H31N5O4S/c1-16-20(17(2)27(25-16)12-18-7-5-4-6-8-18)11-23-21(28)13-26(3)14-22(29)24-19-9-10-32(30,31)15-19/h4-8,19H,9-15H2,1-3H3,(H,23,28)(H,24,29). The molecule has 2 heterocycles. The highest BCUT2D eigenvalue weighted by molar-refractivity contribution is 7.91. The van der Waals surface area contributed by atoms with Crippen LogP contribution >= 0.6 is 0 Å². The third-order valence-corrected chi connectivity index (χ3v) is 7.36. The van der Waals surface area contributed by atoms with Gasteiger partial charge in [-0.25, -0.2) is 8.42 Å². The van der Waals surface area contributed by atoms with E-state index in [0.717, 1.165) is 22.5 Å². The minimum atomic E-state index is -3.04. The van der Waals surface area contributed by atoms with Crippen LogP contribution in [0.4, 0.5) is 0 Å². The number of rotatable bonds is 9. The summed E-state index contributed by atoms with van der Waals surface area (Å²) in [7, 11) is -1.37. The number of amides is 2. The molecular formula is C22H31N5O4S. The van der Waals surface area contributed by atoms with Crippen LogP contribution in [0, 0.1) is 13.8 Å². The Labute approximate surface area is 189 Å². The summed E-state index contributed by atoms with van der Waals surface area (Å²) in [5, 5.41) is 10.2. The van der Waals surface area contributed by atoms with Crippen LogP contribution in [0.2, 0.25) is 0 Å². The van der Waals surface area contributed by atoms with Crippen molar-refractivity contribution in [1.82, 2.24) is 25.3 Å². The minimum Gasteiger partial charge on any atom is -0.351 e. The molecule has 1 aliphatic heterocycles. The molecule has 1 aliphatic rings. The lowest BCUT2D eigenvalue weighted by molar-refractivity contribution is -0.124. The fourth-order valence-electron chi connectivity index (χ4n) is 3.87. The number of carbonyl (C=O) groups excluding carboxylic acids is 2. The Balaban J connectivity index is 1.45. The number of aromatic nitrogens is 2. The van der Waals surface area contributed by atoms with E-state index in [1.165, 1.54) is 0 Å². The van der Waals surface area contributed by atoms with Gasteiger partial charge in [0.25, 0.3) is 0 Å². The largest absolute Gasteiger partial charge is 0.351 e. The molecule has 2 aromatic rings. The molecule has 1 fully saturated rings. The Morgan fingerprint density at radius 3 is 2.50 bits per heavy atom. The first-order chi connectivity index (χ1) is 15.1. The predicted octanol–water partition coefficient (Wildman–Crippen LogP) is 0.400. The third-order valence-electron chi connectivity index (χ3n) is 5.59. The quantitative estimate of drug-likeness (QED) is 0.559. The second-order valence-electron chi connectivity index (χ2n) is 8.41. The number of carbonyl (C=O) groups is 2. The van der Waals surface area contributed by atoms with Crippen LogP contribution in [0.15, 0.2) is 30.3 Å². The van der Waals surface area contributed by atoms with E-state index in [0.29, 0.717) is 19.5 Å². The number of benzene rings is 1. The van der Waals surface area contributed by atoms with E-state index in [2.05, 4.69) is 27.9 Å². The van der Waals surface area contributed by atoms with E-state index in [4.69, 9.17) is 0 Å². The van der Waals surface area contributed by atoms with Crippen LogP contribution in [-0.2, 0) is 32.5 Å². The monoisotopic (exact) mass is 461 g/mol. The van der Waals surface area contributed by atoms with Crippen LogP contribution in [0.5, 0.6) is 0 Å². The van der Waals surface area contributed by atoms with Gasteiger partial charge in [-0.15, -0.1) is 0 Å². The van der Waals surface area contributed by atoms with Crippen LogP contribution in [0.3, 0.4) is 0 Å². The van der Waals surface area contributed by atoms with E-state index >= 15 is 0 Å². The lowest BCUT2D eigenvalue weighted by atomic mass is 10.2. The van der Waals surface area contributed by atoms with Gasteiger partial charge >= 0.3 is 0 Å². The second kappa shape index (κ2) is 10.3. The SMILES string of the molecule is Cc1nn(Cc2ccccc2)c(C)c1CNC(=O)CN(C)CC(=O)NC1CCS(=O)(=O)C1. The maximum absolute atomic E-state index is 12.4. The molecule has 0 spiro atoms. The van der Waals surface area contributed by atoms with Crippen molar-refractivity contribution in [3.05, 3.63) is 52.8 Å². The van der Waals surface area contributed by atoms with Gasteiger partial charge in [0.2, 0.25) is 11.8 Å². The molecule has 1 atom stereocenters. The zero-order chi connectivity index (χ0) is 23.3. The fourth-order valence-corrected chi connectivity index (χ4v) is 5.54. The fraction of sp³-hybridized carbons (Fsp3) is 0.500. The maximum Gasteiger partial charge on any atom is 0.234 e. The summed E-state index contributed by atoms with van der Waals surface area (Å²) < 4.78 is 24.9. The van der Waals surface area contributed by atoms with Gasteiger partial charge in [-0.1, -0.05) is 30.3 Å². The first-order valence-corrected chi connectivity index (χ1v) is 12.5. The van der Waals surface area contributed by atoms with Crippen LogP contribution in [-0.4, -0.2) is 72.6 Å². The van der Waals surface area contributed by atoms with Crippen LogP contribution in [0.1, 0.15) is 28.9 Å². The molecule has 0 radical (unpaired) electrons. The Hall–Kier alpha value is -2.72. The summed E-state index contributed by atoms with van der Waals surface area (Å²) in [6, 6.07) is 9.73. The van der Waals surface area contributed by atoms with Gasteiger partial charge < -0.3 is 10.6 Å². The molecule has 174 valence electrons. The Morgan fingerprint density at radius 2 is 1.84 bits per heavy atom. The molecule has 3 rings (SSSR count). The van der Waals surface area contributed by atoms with Crippen LogP contribution in [0.25, 0.3) is 0 Å². The average molecular weight is 462 g/mol. The van der Waals surface area contributed by atoms with Gasteiger partial charge in [0.05, 0.1) is 36.8 Å². The zero-order valence-electron chi connectivity index (χ0n) is 18.8. The number of likely N-dealkylation sites (N-methyl/N-ethyl adjacent to an activating group) is 1. The molecule has 9 nitrogen and oxygen atoms in total. The smallest absolute Gasteiger partial charge is 0.234 e. The van der Waals surface area contributed by atoms with Crippen molar-refractivity contribution in [2.75, 3.05) is 31.6 Å². The molecule has 2 N–H and O–H groups in total. The molecule has 0 bridgehead atoms. The third kappa shape index (κ3) is 6.64. The Morgan fingerprint density at radius 1 is 1.16 bits per heavy atom. The van der Waals surface area contributed by atoms with E-state index < -0.39 is 9.84 Å². The molecule has 2 amide bonds. The van der Waals surface area contributed by atoms with Crippen molar-refractivity contribution in [1.29, 1.82) is 0 Å². The maximum atomic E-state index is 12.4. The van der Waals surface area contributed by atoms with Gasteiger partial charge in [0, 0.05) is 23.8 Å².